The molecule has 5 nitrogen and oxygen atoms in total. The Morgan fingerprint density at radius 3 is 2.86 bits per heavy atom. The van der Waals surface area contributed by atoms with Crippen molar-refractivity contribution in [1.82, 2.24) is 5.32 Å². The van der Waals surface area contributed by atoms with Crippen molar-refractivity contribution in [2.75, 3.05) is 6.61 Å². The Morgan fingerprint density at radius 1 is 1.52 bits per heavy atom. The number of carbonyl (C=O) groups excluding carboxylic acids is 1. The number of rotatable bonds is 5. The molecule has 0 bridgehead atoms. The second-order valence-electron chi connectivity index (χ2n) is 6.04. The summed E-state index contributed by atoms with van der Waals surface area (Å²) >= 11 is 0. The number of amides is 1. The molecule has 1 aliphatic heterocycles. The molecule has 0 fully saturated rings. The van der Waals surface area contributed by atoms with E-state index in [4.69, 9.17) is 15.2 Å². The summed E-state index contributed by atoms with van der Waals surface area (Å²) < 4.78 is 11.4. The van der Waals surface area contributed by atoms with Crippen molar-refractivity contribution in [1.29, 1.82) is 0 Å². The van der Waals surface area contributed by atoms with Gasteiger partial charge in [-0.2, -0.15) is 0 Å². The number of fused-ring (bicyclic) bond motifs is 1. The van der Waals surface area contributed by atoms with Gasteiger partial charge in [-0.1, -0.05) is 0 Å². The minimum atomic E-state index is -0.895. The lowest BCUT2D eigenvalue weighted by Crippen LogP contribution is -2.48. The van der Waals surface area contributed by atoms with Crippen molar-refractivity contribution in [3.63, 3.8) is 0 Å². The van der Waals surface area contributed by atoms with E-state index in [-0.39, 0.29) is 12.0 Å². The largest absolute Gasteiger partial charge is 0.494 e. The first-order chi connectivity index (χ1) is 9.81. The van der Waals surface area contributed by atoms with Gasteiger partial charge in [-0.3, -0.25) is 4.79 Å². The Kier molecular flexibility index (Phi) is 4.42. The van der Waals surface area contributed by atoms with Gasteiger partial charge in [0.2, 0.25) is 5.91 Å². The maximum Gasteiger partial charge on any atom is 0.239 e. The first-order valence-electron chi connectivity index (χ1n) is 7.33. The van der Waals surface area contributed by atoms with Gasteiger partial charge in [0, 0.05) is 24.1 Å². The number of hydrogen-bond acceptors (Lipinski definition) is 4. The number of benzene rings is 1. The van der Waals surface area contributed by atoms with E-state index in [9.17, 15) is 4.79 Å². The molecule has 1 amide bonds. The van der Waals surface area contributed by atoms with Gasteiger partial charge in [0.1, 0.15) is 17.6 Å². The van der Waals surface area contributed by atoms with Gasteiger partial charge in [0.15, 0.2) is 0 Å². The van der Waals surface area contributed by atoms with E-state index in [0.29, 0.717) is 13.2 Å². The van der Waals surface area contributed by atoms with E-state index in [1.54, 1.807) is 13.8 Å². The van der Waals surface area contributed by atoms with Gasteiger partial charge in [0.25, 0.3) is 0 Å². The van der Waals surface area contributed by atoms with E-state index in [0.717, 1.165) is 29.0 Å². The van der Waals surface area contributed by atoms with E-state index in [2.05, 4.69) is 5.32 Å². The molecular weight excluding hydrogens is 268 g/mol. The minimum absolute atomic E-state index is 0.183. The molecule has 21 heavy (non-hydrogen) atoms. The highest BCUT2D eigenvalue weighted by atomic mass is 16.5. The van der Waals surface area contributed by atoms with Crippen molar-refractivity contribution < 1.29 is 14.3 Å². The van der Waals surface area contributed by atoms with Crippen LogP contribution in [0.15, 0.2) is 12.1 Å². The van der Waals surface area contributed by atoms with Crippen molar-refractivity contribution in [2.45, 2.75) is 52.3 Å². The molecular formula is C16H24N2O3. The van der Waals surface area contributed by atoms with Crippen LogP contribution in [0.2, 0.25) is 0 Å². The molecule has 1 unspecified atom stereocenters. The number of nitrogens with one attached hydrogen (secondary N) is 1. The predicted molar refractivity (Wildman–Crippen MR) is 81.5 cm³/mol. The highest BCUT2D eigenvalue weighted by Crippen LogP contribution is 2.35. The Bertz CT molecular complexity index is 535. The Balaban J connectivity index is 2.18. The molecule has 0 aromatic heterocycles. The van der Waals surface area contributed by atoms with E-state index in [1.807, 2.05) is 26.0 Å². The smallest absolute Gasteiger partial charge is 0.239 e. The van der Waals surface area contributed by atoms with Gasteiger partial charge in [-0.05, 0) is 39.8 Å². The molecule has 116 valence electrons. The fourth-order valence-corrected chi connectivity index (χ4v) is 2.31. The number of hydrogen-bond donors (Lipinski definition) is 2. The summed E-state index contributed by atoms with van der Waals surface area (Å²) in [5.74, 6) is 1.48. The standard InChI is InChI=1S/C16H24N2O3/c1-5-20-13-7-11-6-10(2)21-14(11)8-12(13)9-18-15(19)16(3,4)17/h7-8,10H,5-6,9,17H2,1-4H3,(H,18,19). The van der Waals surface area contributed by atoms with Crippen LogP contribution in [-0.2, 0) is 17.8 Å². The number of nitrogens with two attached hydrogens (primary N) is 1. The van der Waals surface area contributed by atoms with Crippen LogP contribution >= 0.6 is 0 Å². The van der Waals surface area contributed by atoms with Gasteiger partial charge < -0.3 is 20.5 Å². The fraction of sp³-hybridized carbons (Fsp3) is 0.562. The van der Waals surface area contributed by atoms with Gasteiger partial charge in [-0.15, -0.1) is 0 Å². The summed E-state index contributed by atoms with van der Waals surface area (Å²) in [6, 6.07) is 3.96. The fourth-order valence-electron chi connectivity index (χ4n) is 2.31. The van der Waals surface area contributed by atoms with Gasteiger partial charge in [-0.25, -0.2) is 0 Å². The van der Waals surface area contributed by atoms with Crippen LogP contribution in [0, 0.1) is 0 Å². The maximum absolute atomic E-state index is 11.9. The summed E-state index contributed by atoms with van der Waals surface area (Å²) in [7, 11) is 0. The Hall–Kier alpha value is -1.75. The highest BCUT2D eigenvalue weighted by Gasteiger charge is 2.24. The molecule has 1 atom stereocenters. The molecule has 0 radical (unpaired) electrons. The summed E-state index contributed by atoms with van der Waals surface area (Å²) in [5, 5.41) is 2.84. The molecule has 0 saturated heterocycles. The van der Waals surface area contributed by atoms with Crippen LogP contribution in [0.3, 0.4) is 0 Å². The zero-order valence-electron chi connectivity index (χ0n) is 13.2. The quantitative estimate of drug-likeness (QED) is 0.867. The van der Waals surface area contributed by atoms with E-state index in [1.165, 1.54) is 0 Å². The van der Waals surface area contributed by atoms with Crippen LogP contribution in [0.1, 0.15) is 38.8 Å². The minimum Gasteiger partial charge on any atom is -0.494 e. The van der Waals surface area contributed by atoms with Crippen LogP contribution in [0.4, 0.5) is 0 Å². The molecule has 1 aliphatic rings. The maximum atomic E-state index is 11.9. The molecule has 1 aromatic rings. The highest BCUT2D eigenvalue weighted by molar-refractivity contribution is 5.85. The third-order valence-corrected chi connectivity index (χ3v) is 3.40. The number of carbonyl (C=O) groups is 1. The summed E-state index contributed by atoms with van der Waals surface area (Å²) in [6.45, 7) is 8.30. The van der Waals surface area contributed by atoms with Gasteiger partial charge >= 0.3 is 0 Å². The zero-order valence-corrected chi connectivity index (χ0v) is 13.2. The molecule has 2 rings (SSSR count). The summed E-state index contributed by atoms with van der Waals surface area (Å²) in [5.41, 5.74) is 6.94. The van der Waals surface area contributed by atoms with Crippen molar-refractivity contribution in [2.24, 2.45) is 5.73 Å². The molecule has 0 spiro atoms. The summed E-state index contributed by atoms with van der Waals surface area (Å²) in [6.07, 6.45) is 1.07. The lowest BCUT2D eigenvalue weighted by atomic mass is 10.0. The lowest BCUT2D eigenvalue weighted by molar-refractivity contribution is -0.125. The van der Waals surface area contributed by atoms with Crippen LogP contribution in [-0.4, -0.2) is 24.2 Å². The van der Waals surface area contributed by atoms with Gasteiger partial charge in [0.05, 0.1) is 12.1 Å². The molecule has 1 heterocycles. The van der Waals surface area contributed by atoms with Crippen LogP contribution in [0.25, 0.3) is 0 Å². The zero-order chi connectivity index (χ0) is 15.6. The number of ether oxygens (including phenoxy) is 2. The topological polar surface area (TPSA) is 73.6 Å². The van der Waals surface area contributed by atoms with Crippen LogP contribution < -0.4 is 20.5 Å². The molecule has 0 saturated carbocycles. The second kappa shape index (κ2) is 5.93. The van der Waals surface area contributed by atoms with Crippen molar-refractivity contribution in [3.8, 4) is 11.5 Å². The third kappa shape index (κ3) is 3.67. The first kappa shape index (κ1) is 15.6. The Labute approximate surface area is 125 Å². The molecule has 5 heteroatoms. The SMILES string of the molecule is CCOc1cc2c(cc1CNC(=O)C(C)(C)N)OC(C)C2. The second-order valence-corrected chi connectivity index (χ2v) is 6.04. The van der Waals surface area contributed by atoms with Crippen LogP contribution in [0.5, 0.6) is 11.5 Å². The Morgan fingerprint density at radius 2 is 2.24 bits per heavy atom. The molecule has 0 aliphatic carbocycles. The van der Waals surface area contributed by atoms with Crippen molar-refractivity contribution >= 4 is 5.91 Å². The normalized spacial score (nSPS) is 17.1. The monoisotopic (exact) mass is 292 g/mol. The van der Waals surface area contributed by atoms with E-state index < -0.39 is 5.54 Å². The van der Waals surface area contributed by atoms with Crippen molar-refractivity contribution in [3.05, 3.63) is 23.3 Å². The lowest BCUT2D eigenvalue weighted by Gasteiger charge is -2.19. The predicted octanol–water partition coefficient (Wildman–Crippen LogP) is 1.76. The first-order valence-corrected chi connectivity index (χ1v) is 7.33. The van der Waals surface area contributed by atoms with E-state index >= 15 is 0 Å². The molecule has 3 N–H and O–H groups in total. The molecule has 1 aromatic carbocycles. The average molecular weight is 292 g/mol. The summed E-state index contributed by atoms with van der Waals surface area (Å²) in [4.78, 5) is 11.9. The third-order valence-electron chi connectivity index (χ3n) is 3.40. The average Bonchev–Trinajstić information content (AvgIpc) is 2.74.